The molecule has 0 aliphatic carbocycles. The molecule has 5 nitrogen and oxygen atoms in total. The maximum atomic E-state index is 12.0. The SMILES string of the molecule is Cc1ccnc(NC[C@H]2CCN(C(=O)OC(C)(C)C)C2)c1. The van der Waals surface area contributed by atoms with Crippen LogP contribution in [0.25, 0.3) is 0 Å². The number of nitrogens with zero attached hydrogens (tertiary/aromatic N) is 2. The lowest BCUT2D eigenvalue weighted by molar-refractivity contribution is 0.0289. The summed E-state index contributed by atoms with van der Waals surface area (Å²) < 4.78 is 5.40. The lowest BCUT2D eigenvalue weighted by atomic mass is 10.1. The Morgan fingerprint density at radius 2 is 2.29 bits per heavy atom. The quantitative estimate of drug-likeness (QED) is 0.930. The number of anilines is 1. The first kappa shape index (κ1) is 15.6. The van der Waals surface area contributed by atoms with E-state index in [9.17, 15) is 4.79 Å². The van der Waals surface area contributed by atoms with Gasteiger partial charge >= 0.3 is 6.09 Å². The summed E-state index contributed by atoms with van der Waals surface area (Å²) in [6.07, 6.45) is 2.59. The molecule has 1 N–H and O–H groups in total. The standard InChI is InChI=1S/C16H25N3O2/c1-12-5-7-17-14(9-12)18-10-13-6-8-19(11-13)15(20)21-16(2,3)4/h5,7,9,13H,6,8,10-11H2,1-4H3,(H,17,18)/t13-/m1/s1. The maximum Gasteiger partial charge on any atom is 0.410 e. The maximum absolute atomic E-state index is 12.0. The second-order valence-corrected chi connectivity index (χ2v) is 6.68. The Morgan fingerprint density at radius 1 is 1.52 bits per heavy atom. The van der Waals surface area contributed by atoms with Crippen molar-refractivity contribution in [2.45, 2.75) is 39.7 Å². The van der Waals surface area contributed by atoms with Gasteiger partial charge in [0.25, 0.3) is 0 Å². The topological polar surface area (TPSA) is 54.5 Å². The van der Waals surface area contributed by atoms with Crippen LogP contribution in [-0.2, 0) is 4.74 Å². The number of hydrogen-bond acceptors (Lipinski definition) is 4. The van der Waals surface area contributed by atoms with Gasteiger partial charge in [-0.2, -0.15) is 0 Å². The van der Waals surface area contributed by atoms with Crippen LogP contribution in [0.5, 0.6) is 0 Å². The normalized spacial score (nSPS) is 18.7. The van der Waals surface area contributed by atoms with Crippen LogP contribution < -0.4 is 5.32 Å². The first-order valence-corrected chi connectivity index (χ1v) is 7.48. The van der Waals surface area contributed by atoms with Crippen molar-refractivity contribution in [2.75, 3.05) is 25.0 Å². The molecular weight excluding hydrogens is 266 g/mol. The Kier molecular flexibility index (Phi) is 4.70. The third kappa shape index (κ3) is 4.92. The number of aryl methyl sites for hydroxylation is 1. The first-order chi connectivity index (χ1) is 9.83. The van der Waals surface area contributed by atoms with Gasteiger partial charge in [0.1, 0.15) is 11.4 Å². The number of hydrogen-bond donors (Lipinski definition) is 1. The van der Waals surface area contributed by atoms with Crippen LogP contribution in [0, 0.1) is 12.8 Å². The molecule has 0 aromatic carbocycles. The summed E-state index contributed by atoms with van der Waals surface area (Å²) in [4.78, 5) is 18.1. The summed E-state index contributed by atoms with van der Waals surface area (Å²) in [7, 11) is 0. The van der Waals surface area contributed by atoms with Crippen LogP contribution in [-0.4, -0.2) is 41.2 Å². The van der Waals surface area contributed by atoms with Crippen LogP contribution in [0.4, 0.5) is 10.6 Å². The molecule has 0 spiro atoms. The van der Waals surface area contributed by atoms with Gasteiger partial charge in [0.05, 0.1) is 0 Å². The fraction of sp³-hybridized carbons (Fsp3) is 0.625. The van der Waals surface area contributed by atoms with Gasteiger partial charge in [-0.25, -0.2) is 9.78 Å². The van der Waals surface area contributed by atoms with Gasteiger partial charge in [0, 0.05) is 25.8 Å². The van der Waals surface area contributed by atoms with Crippen LogP contribution in [0.3, 0.4) is 0 Å². The molecule has 2 heterocycles. The lowest BCUT2D eigenvalue weighted by Crippen LogP contribution is -2.35. The first-order valence-electron chi connectivity index (χ1n) is 7.48. The molecular formula is C16H25N3O2. The molecule has 1 amide bonds. The average molecular weight is 291 g/mol. The number of amides is 1. The van der Waals surface area contributed by atoms with Crippen molar-refractivity contribution < 1.29 is 9.53 Å². The zero-order valence-corrected chi connectivity index (χ0v) is 13.3. The third-order valence-corrected chi connectivity index (χ3v) is 3.42. The predicted octanol–water partition coefficient (Wildman–Crippen LogP) is 3.06. The van der Waals surface area contributed by atoms with Crippen molar-refractivity contribution in [1.29, 1.82) is 0 Å². The van der Waals surface area contributed by atoms with E-state index in [1.807, 2.05) is 39.8 Å². The molecule has 1 aliphatic rings. The third-order valence-electron chi connectivity index (χ3n) is 3.42. The zero-order chi connectivity index (χ0) is 15.5. The summed E-state index contributed by atoms with van der Waals surface area (Å²) in [5, 5.41) is 3.35. The van der Waals surface area contributed by atoms with E-state index in [0.717, 1.165) is 31.9 Å². The molecule has 1 saturated heterocycles. The van der Waals surface area contributed by atoms with Gasteiger partial charge < -0.3 is 15.0 Å². The number of nitrogens with one attached hydrogen (secondary N) is 1. The highest BCUT2D eigenvalue weighted by molar-refractivity contribution is 5.68. The van der Waals surface area contributed by atoms with E-state index >= 15 is 0 Å². The number of likely N-dealkylation sites (tertiary alicyclic amines) is 1. The smallest absolute Gasteiger partial charge is 0.410 e. The van der Waals surface area contributed by atoms with Gasteiger partial charge in [-0.1, -0.05) is 0 Å². The number of rotatable bonds is 3. The van der Waals surface area contributed by atoms with Gasteiger partial charge in [-0.15, -0.1) is 0 Å². The summed E-state index contributed by atoms with van der Waals surface area (Å²) in [5.41, 5.74) is 0.758. The molecule has 2 rings (SSSR count). The Morgan fingerprint density at radius 3 is 2.95 bits per heavy atom. The molecule has 0 saturated carbocycles. The molecule has 0 unspecified atom stereocenters. The monoisotopic (exact) mass is 291 g/mol. The number of aromatic nitrogens is 1. The largest absolute Gasteiger partial charge is 0.444 e. The molecule has 5 heteroatoms. The lowest BCUT2D eigenvalue weighted by Gasteiger charge is -2.24. The van der Waals surface area contributed by atoms with Crippen molar-refractivity contribution in [3.63, 3.8) is 0 Å². The van der Waals surface area contributed by atoms with Crippen molar-refractivity contribution in [3.8, 4) is 0 Å². The summed E-state index contributed by atoms with van der Waals surface area (Å²) in [5.74, 6) is 1.34. The molecule has 0 radical (unpaired) electrons. The van der Waals surface area contributed by atoms with Crippen molar-refractivity contribution in [1.82, 2.24) is 9.88 Å². The highest BCUT2D eigenvalue weighted by atomic mass is 16.6. The molecule has 21 heavy (non-hydrogen) atoms. The van der Waals surface area contributed by atoms with Crippen LogP contribution >= 0.6 is 0 Å². The van der Waals surface area contributed by atoms with Gasteiger partial charge in [0.2, 0.25) is 0 Å². The highest BCUT2D eigenvalue weighted by Gasteiger charge is 2.29. The van der Waals surface area contributed by atoms with Crippen molar-refractivity contribution in [3.05, 3.63) is 23.9 Å². The molecule has 1 atom stereocenters. The van der Waals surface area contributed by atoms with E-state index in [1.54, 1.807) is 11.1 Å². The van der Waals surface area contributed by atoms with Gasteiger partial charge in [-0.05, 0) is 57.7 Å². The molecule has 1 aliphatic heterocycles. The molecule has 1 aromatic rings. The van der Waals surface area contributed by atoms with E-state index in [1.165, 1.54) is 5.56 Å². The van der Waals surface area contributed by atoms with E-state index < -0.39 is 5.60 Å². The number of carbonyl (C=O) groups excluding carboxylic acids is 1. The number of ether oxygens (including phenoxy) is 1. The Labute approximate surface area is 126 Å². The van der Waals surface area contributed by atoms with Gasteiger partial charge in [0.15, 0.2) is 0 Å². The Bertz CT molecular complexity index is 497. The van der Waals surface area contributed by atoms with E-state index in [0.29, 0.717) is 5.92 Å². The minimum Gasteiger partial charge on any atom is -0.444 e. The highest BCUT2D eigenvalue weighted by Crippen LogP contribution is 2.20. The summed E-state index contributed by atoms with van der Waals surface area (Å²) in [6, 6.07) is 4.01. The number of pyridine rings is 1. The molecule has 116 valence electrons. The van der Waals surface area contributed by atoms with Crippen LogP contribution in [0.15, 0.2) is 18.3 Å². The minimum absolute atomic E-state index is 0.210. The Hall–Kier alpha value is -1.78. The average Bonchev–Trinajstić information content (AvgIpc) is 2.83. The van der Waals surface area contributed by atoms with E-state index in [2.05, 4.69) is 10.3 Å². The van der Waals surface area contributed by atoms with Gasteiger partial charge in [-0.3, -0.25) is 0 Å². The Balaban J connectivity index is 1.79. The second-order valence-electron chi connectivity index (χ2n) is 6.68. The number of carbonyl (C=O) groups is 1. The fourth-order valence-electron chi connectivity index (χ4n) is 2.37. The summed E-state index contributed by atoms with van der Waals surface area (Å²) in [6.45, 7) is 10.1. The minimum atomic E-state index is -0.432. The molecule has 0 bridgehead atoms. The predicted molar refractivity (Wildman–Crippen MR) is 83.4 cm³/mol. The zero-order valence-electron chi connectivity index (χ0n) is 13.3. The second kappa shape index (κ2) is 6.33. The van der Waals surface area contributed by atoms with E-state index in [4.69, 9.17) is 4.74 Å². The summed E-state index contributed by atoms with van der Waals surface area (Å²) >= 11 is 0. The molecule has 1 aromatic heterocycles. The fourth-order valence-corrected chi connectivity index (χ4v) is 2.37. The van der Waals surface area contributed by atoms with Crippen LogP contribution in [0.2, 0.25) is 0 Å². The molecule has 1 fully saturated rings. The van der Waals surface area contributed by atoms with Crippen molar-refractivity contribution in [2.24, 2.45) is 5.92 Å². The van der Waals surface area contributed by atoms with Crippen molar-refractivity contribution >= 4 is 11.9 Å². The van der Waals surface area contributed by atoms with Crippen LogP contribution in [0.1, 0.15) is 32.8 Å². The van der Waals surface area contributed by atoms with E-state index in [-0.39, 0.29) is 6.09 Å².